The lowest BCUT2D eigenvalue weighted by molar-refractivity contribution is -0.137. The van der Waals surface area contributed by atoms with Crippen LogP contribution in [0.3, 0.4) is 0 Å². The van der Waals surface area contributed by atoms with Gasteiger partial charge in [0.1, 0.15) is 0 Å². The molecule has 0 unspecified atom stereocenters. The molecule has 0 radical (unpaired) electrons. The molecule has 1 amide bonds. The lowest BCUT2D eigenvalue weighted by Gasteiger charge is -2.09. The van der Waals surface area contributed by atoms with Gasteiger partial charge in [-0.25, -0.2) is 9.50 Å². The Kier molecular flexibility index (Phi) is 4.86. The van der Waals surface area contributed by atoms with E-state index in [0.717, 1.165) is 17.7 Å². The Morgan fingerprint density at radius 2 is 1.83 bits per heavy atom. The zero-order valence-electron chi connectivity index (χ0n) is 15.6. The number of rotatable bonds is 4. The van der Waals surface area contributed by atoms with Crippen LogP contribution < -0.4 is 10.1 Å². The molecule has 9 heteroatoms. The van der Waals surface area contributed by atoms with Gasteiger partial charge in [0.15, 0.2) is 5.65 Å². The molecule has 0 saturated carbocycles. The highest BCUT2D eigenvalue weighted by Crippen LogP contribution is 2.30. The second kappa shape index (κ2) is 7.51. The number of imidazole rings is 1. The standard InChI is InChI=1S/C21H15F3N4O2/c1-30-19-10-9-18-26-17(12-28(18)27-19)13-5-7-16(8-6-13)25-20(29)14-3-2-4-15(11-14)21(22,23)24/h2-12H,1H3,(H,25,29). The lowest BCUT2D eigenvalue weighted by Crippen LogP contribution is -2.13. The maximum Gasteiger partial charge on any atom is 0.416 e. The summed E-state index contributed by atoms with van der Waals surface area (Å²) in [6.07, 6.45) is -2.76. The first-order chi connectivity index (χ1) is 14.3. The highest BCUT2D eigenvalue weighted by atomic mass is 19.4. The molecule has 4 rings (SSSR count). The molecule has 2 aromatic carbocycles. The molecule has 30 heavy (non-hydrogen) atoms. The average molecular weight is 412 g/mol. The van der Waals surface area contributed by atoms with Gasteiger partial charge < -0.3 is 10.1 Å². The molecular weight excluding hydrogens is 397 g/mol. The van der Waals surface area contributed by atoms with Crippen LogP contribution in [0.15, 0.2) is 66.9 Å². The van der Waals surface area contributed by atoms with Crippen molar-refractivity contribution in [2.45, 2.75) is 6.18 Å². The van der Waals surface area contributed by atoms with Crippen molar-refractivity contribution in [3.8, 4) is 17.1 Å². The molecule has 4 aromatic rings. The Morgan fingerprint density at radius 3 is 2.53 bits per heavy atom. The van der Waals surface area contributed by atoms with Crippen molar-refractivity contribution in [3.05, 3.63) is 78.0 Å². The minimum absolute atomic E-state index is 0.0747. The van der Waals surface area contributed by atoms with Crippen LogP contribution in [0.4, 0.5) is 18.9 Å². The number of nitrogens with zero attached hydrogens (tertiary/aromatic N) is 3. The Hall–Kier alpha value is -3.88. The van der Waals surface area contributed by atoms with E-state index in [1.165, 1.54) is 19.2 Å². The molecule has 0 saturated heterocycles. The number of benzene rings is 2. The SMILES string of the molecule is COc1ccc2nc(-c3ccc(NC(=O)c4cccc(C(F)(F)F)c4)cc3)cn2n1. The zero-order valence-corrected chi connectivity index (χ0v) is 15.6. The summed E-state index contributed by atoms with van der Waals surface area (Å²) in [7, 11) is 1.53. The Bertz CT molecular complexity index is 1220. The Morgan fingerprint density at radius 1 is 1.07 bits per heavy atom. The number of anilines is 1. The largest absolute Gasteiger partial charge is 0.480 e. The number of alkyl halides is 3. The minimum atomic E-state index is -4.51. The van der Waals surface area contributed by atoms with Gasteiger partial charge in [-0.05, 0) is 36.4 Å². The van der Waals surface area contributed by atoms with Crippen LogP contribution >= 0.6 is 0 Å². The fourth-order valence-corrected chi connectivity index (χ4v) is 2.88. The molecular formula is C21H15F3N4O2. The van der Waals surface area contributed by atoms with Gasteiger partial charge in [0.05, 0.1) is 24.6 Å². The van der Waals surface area contributed by atoms with Crippen molar-refractivity contribution < 1.29 is 22.7 Å². The van der Waals surface area contributed by atoms with Crippen molar-refractivity contribution in [3.63, 3.8) is 0 Å². The molecule has 0 fully saturated rings. The van der Waals surface area contributed by atoms with E-state index < -0.39 is 17.6 Å². The molecule has 0 aliphatic carbocycles. The third-order valence-corrected chi connectivity index (χ3v) is 4.40. The number of halogens is 3. The number of hydrogen-bond donors (Lipinski definition) is 1. The number of aromatic nitrogens is 3. The van der Waals surface area contributed by atoms with E-state index in [9.17, 15) is 18.0 Å². The molecule has 152 valence electrons. The van der Waals surface area contributed by atoms with E-state index in [4.69, 9.17) is 4.74 Å². The van der Waals surface area contributed by atoms with Crippen LogP contribution in [0, 0.1) is 0 Å². The maximum absolute atomic E-state index is 12.8. The van der Waals surface area contributed by atoms with E-state index >= 15 is 0 Å². The van der Waals surface area contributed by atoms with Crippen LogP contribution in [-0.4, -0.2) is 27.6 Å². The van der Waals surface area contributed by atoms with Gasteiger partial charge >= 0.3 is 6.18 Å². The molecule has 0 aliphatic heterocycles. The van der Waals surface area contributed by atoms with Gasteiger partial charge in [0.25, 0.3) is 5.91 Å². The molecule has 0 spiro atoms. The summed E-state index contributed by atoms with van der Waals surface area (Å²) < 4.78 is 45.2. The predicted molar refractivity (Wildman–Crippen MR) is 104 cm³/mol. The highest BCUT2D eigenvalue weighted by Gasteiger charge is 2.30. The van der Waals surface area contributed by atoms with Crippen LogP contribution in [-0.2, 0) is 6.18 Å². The monoisotopic (exact) mass is 412 g/mol. The summed E-state index contributed by atoms with van der Waals surface area (Å²) in [5.41, 5.74) is 1.61. The van der Waals surface area contributed by atoms with Gasteiger partial charge in [-0.15, -0.1) is 5.10 Å². The number of methoxy groups -OCH3 is 1. The lowest BCUT2D eigenvalue weighted by atomic mass is 10.1. The van der Waals surface area contributed by atoms with Crippen molar-refractivity contribution in [1.82, 2.24) is 14.6 Å². The Balaban J connectivity index is 1.52. The van der Waals surface area contributed by atoms with E-state index in [0.29, 0.717) is 22.9 Å². The summed E-state index contributed by atoms with van der Waals surface area (Å²) in [4.78, 5) is 16.8. The number of amides is 1. The quantitative estimate of drug-likeness (QED) is 0.529. The number of hydrogen-bond acceptors (Lipinski definition) is 4. The number of nitrogens with one attached hydrogen (secondary N) is 1. The van der Waals surface area contributed by atoms with Crippen molar-refractivity contribution in [2.75, 3.05) is 12.4 Å². The smallest absolute Gasteiger partial charge is 0.416 e. The number of ether oxygens (including phenoxy) is 1. The second-order valence-electron chi connectivity index (χ2n) is 6.41. The first-order valence-electron chi connectivity index (χ1n) is 8.83. The van der Waals surface area contributed by atoms with Gasteiger partial charge in [-0.3, -0.25) is 4.79 Å². The first-order valence-corrected chi connectivity index (χ1v) is 8.83. The van der Waals surface area contributed by atoms with Crippen molar-refractivity contribution in [2.24, 2.45) is 0 Å². The van der Waals surface area contributed by atoms with Crippen LogP contribution in [0.25, 0.3) is 16.9 Å². The minimum Gasteiger partial charge on any atom is -0.480 e. The van der Waals surface area contributed by atoms with Gasteiger partial charge in [-0.1, -0.05) is 18.2 Å². The second-order valence-corrected chi connectivity index (χ2v) is 6.41. The molecule has 2 heterocycles. The van der Waals surface area contributed by atoms with Crippen molar-refractivity contribution in [1.29, 1.82) is 0 Å². The molecule has 1 N–H and O–H groups in total. The van der Waals surface area contributed by atoms with E-state index in [2.05, 4.69) is 15.4 Å². The fraction of sp³-hybridized carbons (Fsp3) is 0.0952. The molecule has 6 nitrogen and oxygen atoms in total. The average Bonchev–Trinajstić information content (AvgIpc) is 3.17. The van der Waals surface area contributed by atoms with E-state index in [1.807, 2.05) is 0 Å². The summed E-state index contributed by atoms with van der Waals surface area (Å²) >= 11 is 0. The number of carbonyl (C=O) groups is 1. The third-order valence-electron chi connectivity index (χ3n) is 4.40. The topological polar surface area (TPSA) is 68.5 Å². The molecule has 2 aromatic heterocycles. The van der Waals surface area contributed by atoms with E-state index in [-0.39, 0.29) is 5.56 Å². The summed E-state index contributed by atoms with van der Waals surface area (Å²) in [6.45, 7) is 0. The van der Waals surface area contributed by atoms with Gasteiger partial charge in [-0.2, -0.15) is 13.2 Å². The van der Waals surface area contributed by atoms with Crippen molar-refractivity contribution >= 4 is 17.2 Å². The number of fused-ring (bicyclic) bond motifs is 1. The van der Waals surface area contributed by atoms with Gasteiger partial charge in [0.2, 0.25) is 5.88 Å². The maximum atomic E-state index is 12.8. The summed E-state index contributed by atoms with van der Waals surface area (Å²) in [5, 5.41) is 6.85. The molecule has 0 aliphatic rings. The fourth-order valence-electron chi connectivity index (χ4n) is 2.88. The van der Waals surface area contributed by atoms with Crippen LogP contribution in [0.2, 0.25) is 0 Å². The molecule has 0 atom stereocenters. The summed E-state index contributed by atoms with van der Waals surface area (Å²) in [5.74, 6) is -0.169. The Labute approximate surface area is 168 Å². The summed E-state index contributed by atoms with van der Waals surface area (Å²) in [6, 6.07) is 14.6. The highest BCUT2D eigenvalue weighted by molar-refractivity contribution is 6.04. The molecule has 0 bridgehead atoms. The zero-order chi connectivity index (χ0) is 21.3. The third kappa shape index (κ3) is 3.95. The normalized spacial score (nSPS) is 11.5. The van der Waals surface area contributed by atoms with Crippen LogP contribution in [0.5, 0.6) is 5.88 Å². The number of carbonyl (C=O) groups excluding carboxylic acids is 1. The van der Waals surface area contributed by atoms with Gasteiger partial charge in [0, 0.05) is 22.9 Å². The van der Waals surface area contributed by atoms with E-state index in [1.54, 1.807) is 47.1 Å². The predicted octanol–water partition coefficient (Wildman–Crippen LogP) is 4.68. The first kappa shape index (κ1) is 19.4. The van der Waals surface area contributed by atoms with Crippen LogP contribution in [0.1, 0.15) is 15.9 Å².